The maximum absolute atomic E-state index is 13.2. The number of rotatable bonds is 6. The summed E-state index contributed by atoms with van der Waals surface area (Å²) in [5.41, 5.74) is -0.452. The lowest BCUT2D eigenvalue weighted by Crippen LogP contribution is -2.45. The monoisotopic (exact) mass is 449 g/mol. The molecule has 3 N–H and O–H groups in total. The Kier molecular flexibility index (Phi) is 8.21. The zero-order valence-electron chi connectivity index (χ0n) is 17.2. The quantitative estimate of drug-likeness (QED) is 0.334. The zero-order valence-corrected chi connectivity index (χ0v) is 18.9. The Balaban J connectivity index is 2.25. The third-order valence-electron chi connectivity index (χ3n) is 4.96. The van der Waals surface area contributed by atoms with Gasteiger partial charge in [-0.1, -0.05) is 26.2 Å². The van der Waals surface area contributed by atoms with Crippen LogP contribution in [-0.2, 0) is 6.18 Å². The van der Waals surface area contributed by atoms with Crippen molar-refractivity contribution in [1.29, 1.82) is 0 Å². The third kappa shape index (κ3) is 7.29. The Morgan fingerprint density at radius 2 is 1.83 bits per heavy atom. The third-order valence-corrected chi connectivity index (χ3v) is 6.26. The number of halogens is 3. The van der Waals surface area contributed by atoms with Crippen LogP contribution in [0.3, 0.4) is 0 Å². The van der Waals surface area contributed by atoms with Gasteiger partial charge in [-0.15, -0.1) is 0 Å². The molecule has 0 aliphatic heterocycles. The Hall–Kier alpha value is -1.06. The molecule has 4 nitrogen and oxygen atoms in total. The van der Waals surface area contributed by atoms with Gasteiger partial charge in [0, 0.05) is 16.8 Å². The molecular formula is C20H30F3N3OS2. The second-order valence-electron chi connectivity index (χ2n) is 8.55. The molecule has 0 bridgehead atoms. The minimum atomic E-state index is -4.51. The van der Waals surface area contributed by atoms with Crippen molar-refractivity contribution in [3.8, 4) is 0 Å². The van der Waals surface area contributed by atoms with Gasteiger partial charge in [-0.2, -0.15) is 13.2 Å². The predicted molar refractivity (Wildman–Crippen MR) is 117 cm³/mol. The number of nitrogens with one attached hydrogen (secondary N) is 3. The molecule has 0 radical (unpaired) electrons. The summed E-state index contributed by atoms with van der Waals surface area (Å²) in [5, 5.41) is 2.95. The van der Waals surface area contributed by atoms with Gasteiger partial charge in [0.25, 0.3) is 5.91 Å². The van der Waals surface area contributed by atoms with E-state index in [-0.39, 0.29) is 22.4 Å². The Bertz CT molecular complexity index is 695. The molecule has 0 heterocycles. The minimum Gasteiger partial charge on any atom is -0.349 e. The van der Waals surface area contributed by atoms with Gasteiger partial charge in [0.1, 0.15) is 0 Å². The predicted octanol–water partition coefficient (Wildman–Crippen LogP) is 5.68. The van der Waals surface area contributed by atoms with Crippen molar-refractivity contribution in [2.75, 3.05) is 4.72 Å². The maximum Gasteiger partial charge on any atom is 0.416 e. The van der Waals surface area contributed by atoms with Gasteiger partial charge < -0.3 is 10.0 Å². The van der Waals surface area contributed by atoms with E-state index < -0.39 is 17.6 Å². The molecule has 1 aliphatic rings. The number of anilines is 1. The number of thiol groups is 1. The van der Waals surface area contributed by atoms with E-state index >= 15 is 0 Å². The van der Waals surface area contributed by atoms with Gasteiger partial charge in [-0.25, -0.2) is 0 Å². The molecule has 0 saturated heterocycles. The number of hydrogen-bond donors (Lipinski definition) is 4. The minimum absolute atomic E-state index is 0.00517. The van der Waals surface area contributed by atoms with E-state index in [0.29, 0.717) is 18.0 Å². The molecule has 1 amide bonds. The van der Waals surface area contributed by atoms with E-state index in [9.17, 15) is 18.0 Å². The summed E-state index contributed by atoms with van der Waals surface area (Å²) in [5.74, 6) is -0.0537. The van der Waals surface area contributed by atoms with Crippen LogP contribution in [0.15, 0.2) is 18.2 Å². The standard InChI is InChI=1S/C20H30F3N3OS2/c1-5-12-8-14(11-15(9-12)25-28)24-18(27)16-10-13(20(21,22)23)6-7-17(16)26-29-19(2,3)4/h6-7,10,12,14-15,25-26,28H,5,8-9,11H2,1-4H3,(H,24,27). The first-order chi connectivity index (χ1) is 13.4. The van der Waals surface area contributed by atoms with E-state index in [4.69, 9.17) is 0 Å². The Morgan fingerprint density at radius 3 is 2.38 bits per heavy atom. The average Bonchev–Trinajstić information content (AvgIpc) is 2.64. The summed E-state index contributed by atoms with van der Waals surface area (Å²) in [4.78, 5) is 13.0. The SMILES string of the molecule is CCC1CC(NS)CC(NC(=O)c2cc(C(F)(F)F)ccc2NSC(C)(C)C)C1. The van der Waals surface area contributed by atoms with Gasteiger partial charge in [0.2, 0.25) is 0 Å². The molecule has 0 spiro atoms. The van der Waals surface area contributed by atoms with Crippen molar-refractivity contribution in [3.05, 3.63) is 29.3 Å². The summed E-state index contributed by atoms with van der Waals surface area (Å²) in [7, 11) is 0. The van der Waals surface area contributed by atoms with Crippen molar-refractivity contribution in [3.63, 3.8) is 0 Å². The van der Waals surface area contributed by atoms with Crippen molar-refractivity contribution < 1.29 is 18.0 Å². The normalized spacial score (nSPS) is 23.0. The fourth-order valence-electron chi connectivity index (χ4n) is 3.46. The van der Waals surface area contributed by atoms with E-state index in [2.05, 4.69) is 34.5 Å². The van der Waals surface area contributed by atoms with Gasteiger partial charge >= 0.3 is 6.18 Å². The number of benzene rings is 1. The number of carbonyl (C=O) groups is 1. The first-order valence-electron chi connectivity index (χ1n) is 9.78. The van der Waals surface area contributed by atoms with Crippen LogP contribution in [0.25, 0.3) is 0 Å². The smallest absolute Gasteiger partial charge is 0.349 e. The number of amides is 1. The highest BCUT2D eigenvalue weighted by Crippen LogP contribution is 2.34. The first-order valence-corrected chi connectivity index (χ1v) is 11.0. The summed E-state index contributed by atoms with van der Waals surface area (Å²) >= 11 is 5.51. The summed E-state index contributed by atoms with van der Waals surface area (Å²) in [6, 6.07) is 3.30. The molecule has 1 aromatic rings. The highest BCUT2D eigenvalue weighted by Gasteiger charge is 2.33. The molecular weight excluding hydrogens is 419 g/mol. The molecule has 1 saturated carbocycles. The summed E-state index contributed by atoms with van der Waals surface area (Å²) in [6.07, 6.45) is -1.04. The van der Waals surface area contributed by atoms with Crippen LogP contribution in [0, 0.1) is 5.92 Å². The average molecular weight is 450 g/mol. The molecule has 9 heteroatoms. The summed E-state index contributed by atoms with van der Waals surface area (Å²) < 4.78 is 45.5. The number of carbonyl (C=O) groups excluding carboxylic acids is 1. The molecule has 2 rings (SSSR count). The molecule has 164 valence electrons. The van der Waals surface area contributed by atoms with Crippen molar-refractivity contribution in [2.45, 2.75) is 76.4 Å². The fraction of sp³-hybridized carbons (Fsp3) is 0.650. The molecule has 3 unspecified atom stereocenters. The van der Waals surface area contributed by atoms with Crippen molar-refractivity contribution in [2.24, 2.45) is 5.92 Å². The van der Waals surface area contributed by atoms with E-state index in [0.717, 1.165) is 31.4 Å². The van der Waals surface area contributed by atoms with Crippen LogP contribution < -0.4 is 14.8 Å². The lowest BCUT2D eigenvalue weighted by atomic mass is 9.81. The Labute approximate surface area is 180 Å². The number of hydrogen-bond acceptors (Lipinski definition) is 5. The molecule has 3 atom stereocenters. The highest BCUT2D eigenvalue weighted by molar-refractivity contribution is 8.01. The van der Waals surface area contributed by atoms with Crippen LogP contribution in [0.4, 0.5) is 18.9 Å². The van der Waals surface area contributed by atoms with Crippen LogP contribution in [0.1, 0.15) is 69.3 Å². The lowest BCUT2D eigenvalue weighted by molar-refractivity contribution is -0.137. The molecule has 29 heavy (non-hydrogen) atoms. The van der Waals surface area contributed by atoms with Gasteiger partial charge in [-0.05, 0) is 76.1 Å². The van der Waals surface area contributed by atoms with Crippen LogP contribution in [0.5, 0.6) is 0 Å². The second kappa shape index (κ2) is 9.83. The summed E-state index contributed by atoms with van der Waals surface area (Å²) in [6.45, 7) is 8.03. The zero-order chi connectivity index (χ0) is 21.8. The topological polar surface area (TPSA) is 53.2 Å². The first kappa shape index (κ1) is 24.2. The Morgan fingerprint density at radius 1 is 1.17 bits per heavy atom. The molecule has 1 fully saturated rings. The van der Waals surface area contributed by atoms with Crippen LogP contribution in [-0.4, -0.2) is 22.7 Å². The molecule has 1 aromatic carbocycles. The van der Waals surface area contributed by atoms with Gasteiger partial charge in [0.05, 0.1) is 16.8 Å². The van der Waals surface area contributed by atoms with Crippen LogP contribution in [0.2, 0.25) is 0 Å². The van der Waals surface area contributed by atoms with E-state index in [1.165, 1.54) is 18.0 Å². The molecule has 0 aromatic heterocycles. The molecule has 1 aliphatic carbocycles. The lowest BCUT2D eigenvalue weighted by Gasteiger charge is -2.34. The van der Waals surface area contributed by atoms with E-state index in [1.54, 1.807) is 0 Å². The second-order valence-corrected chi connectivity index (χ2v) is 10.4. The van der Waals surface area contributed by atoms with Crippen molar-refractivity contribution in [1.82, 2.24) is 10.0 Å². The fourth-order valence-corrected chi connectivity index (χ4v) is 4.27. The van der Waals surface area contributed by atoms with Gasteiger partial charge in [0.15, 0.2) is 0 Å². The van der Waals surface area contributed by atoms with Crippen molar-refractivity contribution >= 4 is 36.4 Å². The maximum atomic E-state index is 13.2. The largest absolute Gasteiger partial charge is 0.416 e. The van der Waals surface area contributed by atoms with Crippen LogP contribution >= 0.6 is 24.8 Å². The van der Waals surface area contributed by atoms with E-state index in [1.807, 2.05) is 20.8 Å². The van der Waals surface area contributed by atoms with Gasteiger partial charge in [-0.3, -0.25) is 9.52 Å². The highest BCUT2D eigenvalue weighted by atomic mass is 32.2. The number of alkyl halides is 3.